The monoisotopic (exact) mass is 328 g/mol. The molecule has 0 atom stereocenters. The zero-order valence-corrected chi connectivity index (χ0v) is 14.8. The van der Waals surface area contributed by atoms with Gasteiger partial charge in [0.05, 0.1) is 13.2 Å². The Morgan fingerprint density at radius 2 is 1.70 bits per heavy atom. The van der Waals surface area contributed by atoms with Crippen LogP contribution in [-0.2, 0) is 14.2 Å². The molecule has 134 valence electrons. The van der Waals surface area contributed by atoms with Crippen molar-refractivity contribution in [3.63, 3.8) is 0 Å². The Kier molecular flexibility index (Phi) is 12.4. The number of nitrogens with two attached hydrogens (primary N) is 1. The van der Waals surface area contributed by atoms with E-state index in [4.69, 9.17) is 26.4 Å². The van der Waals surface area contributed by atoms with E-state index >= 15 is 0 Å². The fraction of sp³-hybridized carbons (Fsp3) is 0.824. The molecule has 0 bridgehead atoms. The summed E-state index contributed by atoms with van der Waals surface area (Å²) in [6, 6.07) is 0. The number of amides is 1. The highest BCUT2D eigenvalue weighted by Crippen LogP contribution is 2.10. The minimum Gasteiger partial charge on any atom is -0.444 e. The zero-order chi connectivity index (χ0) is 17.6. The van der Waals surface area contributed by atoms with E-state index in [1.165, 1.54) is 0 Å². The summed E-state index contributed by atoms with van der Waals surface area (Å²) >= 11 is 0. The Hall–Kier alpha value is -1.29. The highest BCUT2D eigenvalue weighted by molar-refractivity contribution is 5.68. The van der Waals surface area contributed by atoms with Gasteiger partial charge in [0.15, 0.2) is 0 Å². The maximum absolute atomic E-state index is 12.1. The molecule has 0 aliphatic heterocycles. The summed E-state index contributed by atoms with van der Waals surface area (Å²) < 4.78 is 16.2. The molecule has 0 aliphatic carbocycles. The van der Waals surface area contributed by atoms with Crippen LogP contribution in [-0.4, -0.2) is 62.7 Å². The van der Waals surface area contributed by atoms with E-state index in [9.17, 15) is 4.79 Å². The van der Waals surface area contributed by atoms with Gasteiger partial charge in [-0.05, 0) is 40.2 Å². The summed E-state index contributed by atoms with van der Waals surface area (Å²) in [4.78, 5) is 13.7. The molecule has 0 rings (SSSR count). The molecular weight excluding hydrogens is 296 g/mol. The van der Waals surface area contributed by atoms with E-state index in [2.05, 4.69) is 5.92 Å². The second kappa shape index (κ2) is 13.2. The third-order valence-corrected chi connectivity index (χ3v) is 2.76. The first-order chi connectivity index (χ1) is 10.9. The number of carbonyl (C=O) groups excluding carboxylic acids is 1. The number of terminal acetylenes is 1. The first-order valence-corrected chi connectivity index (χ1v) is 8.17. The molecule has 0 aromatic rings. The van der Waals surface area contributed by atoms with Crippen molar-refractivity contribution in [1.82, 2.24) is 4.90 Å². The number of nitrogens with zero attached hydrogens (tertiary/aromatic N) is 1. The molecule has 0 saturated carbocycles. The van der Waals surface area contributed by atoms with Crippen LogP contribution in [0.4, 0.5) is 4.79 Å². The first kappa shape index (κ1) is 21.7. The predicted octanol–water partition coefficient (Wildman–Crippen LogP) is 2.02. The molecule has 1 amide bonds. The van der Waals surface area contributed by atoms with Crippen LogP contribution >= 0.6 is 0 Å². The van der Waals surface area contributed by atoms with Gasteiger partial charge in [-0.15, -0.1) is 12.3 Å². The molecule has 0 saturated heterocycles. The second-order valence-electron chi connectivity index (χ2n) is 6.14. The minimum atomic E-state index is -0.511. The van der Waals surface area contributed by atoms with Gasteiger partial charge in [-0.2, -0.15) is 0 Å². The molecule has 0 spiro atoms. The number of carbonyl (C=O) groups is 1. The van der Waals surface area contributed by atoms with E-state index in [-0.39, 0.29) is 6.09 Å². The van der Waals surface area contributed by atoms with Crippen LogP contribution in [0.15, 0.2) is 0 Å². The SMILES string of the molecule is C#CCCN(CCCOCCOCCCN)C(=O)OC(C)(C)C. The lowest BCUT2D eigenvalue weighted by Crippen LogP contribution is -2.38. The van der Waals surface area contributed by atoms with E-state index in [0.717, 1.165) is 12.8 Å². The van der Waals surface area contributed by atoms with Gasteiger partial charge in [0.2, 0.25) is 0 Å². The molecule has 2 N–H and O–H groups in total. The summed E-state index contributed by atoms with van der Waals surface area (Å²) in [6.07, 6.45) is 7.04. The largest absolute Gasteiger partial charge is 0.444 e. The van der Waals surface area contributed by atoms with Crippen LogP contribution in [0.5, 0.6) is 0 Å². The maximum Gasteiger partial charge on any atom is 0.410 e. The van der Waals surface area contributed by atoms with Crippen LogP contribution in [0.25, 0.3) is 0 Å². The summed E-state index contributed by atoms with van der Waals surface area (Å²) in [5.41, 5.74) is 4.86. The van der Waals surface area contributed by atoms with Gasteiger partial charge in [-0.3, -0.25) is 0 Å². The average molecular weight is 328 g/mol. The third-order valence-electron chi connectivity index (χ3n) is 2.76. The Balaban J connectivity index is 3.89. The molecule has 0 fully saturated rings. The first-order valence-electron chi connectivity index (χ1n) is 8.17. The summed E-state index contributed by atoms with van der Waals surface area (Å²) in [7, 11) is 0. The highest BCUT2D eigenvalue weighted by Gasteiger charge is 2.21. The lowest BCUT2D eigenvalue weighted by Gasteiger charge is -2.27. The Labute approximate surface area is 140 Å². The van der Waals surface area contributed by atoms with Crippen LogP contribution in [0.2, 0.25) is 0 Å². The fourth-order valence-corrected chi connectivity index (χ4v) is 1.69. The van der Waals surface area contributed by atoms with Crippen molar-refractivity contribution >= 4 is 6.09 Å². The van der Waals surface area contributed by atoms with E-state index in [0.29, 0.717) is 52.5 Å². The van der Waals surface area contributed by atoms with Gasteiger partial charge >= 0.3 is 6.09 Å². The van der Waals surface area contributed by atoms with Gasteiger partial charge in [0, 0.05) is 32.7 Å². The Bertz CT molecular complexity index is 347. The van der Waals surface area contributed by atoms with Crippen molar-refractivity contribution in [2.45, 2.75) is 45.6 Å². The van der Waals surface area contributed by atoms with Gasteiger partial charge in [0.1, 0.15) is 5.60 Å². The van der Waals surface area contributed by atoms with Crippen LogP contribution in [0.1, 0.15) is 40.0 Å². The van der Waals surface area contributed by atoms with E-state index in [1.54, 1.807) is 4.90 Å². The normalized spacial score (nSPS) is 11.1. The number of hydrogen-bond acceptors (Lipinski definition) is 5. The summed E-state index contributed by atoms with van der Waals surface area (Å²) in [6.45, 7) is 9.56. The molecular formula is C17H32N2O4. The summed E-state index contributed by atoms with van der Waals surface area (Å²) in [5.74, 6) is 2.54. The topological polar surface area (TPSA) is 74.0 Å². The van der Waals surface area contributed by atoms with E-state index in [1.807, 2.05) is 20.8 Å². The van der Waals surface area contributed by atoms with Crippen molar-refractivity contribution in [1.29, 1.82) is 0 Å². The second-order valence-corrected chi connectivity index (χ2v) is 6.14. The molecule has 6 heteroatoms. The van der Waals surface area contributed by atoms with Crippen molar-refractivity contribution in [2.75, 3.05) is 46.1 Å². The quantitative estimate of drug-likeness (QED) is 0.438. The molecule has 0 radical (unpaired) electrons. The van der Waals surface area contributed by atoms with Gasteiger partial charge in [-0.25, -0.2) is 4.79 Å². The van der Waals surface area contributed by atoms with E-state index < -0.39 is 5.60 Å². The Morgan fingerprint density at radius 1 is 1.09 bits per heavy atom. The van der Waals surface area contributed by atoms with Gasteiger partial charge in [-0.1, -0.05) is 0 Å². The van der Waals surface area contributed by atoms with Crippen LogP contribution in [0, 0.1) is 12.3 Å². The van der Waals surface area contributed by atoms with Gasteiger partial charge < -0.3 is 24.8 Å². The van der Waals surface area contributed by atoms with Crippen molar-refractivity contribution < 1.29 is 19.0 Å². The smallest absolute Gasteiger partial charge is 0.410 e. The fourth-order valence-electron chi connectivity index (χ4n) is 1.69. The highest BCUT2D eigenvalue weighted by atomic mass is 16.6. The van der Waals surface area contributed by atoms with Crippen molar-refractivity contribution in [3.05, 3.63) is 0 Å². The number of rotatable bonds is 12. The minimum absolute atomic E-state index is 0.335. The maximum atomic E-state index is 12.1. The lowest BCUT2D eigenvalue weighted by atomic mass is 10.2. The number of ether oxygens (including phenoxy) is 3. The zero-order valence-electron chi connectivity index (χ0n) is 14.8. The lowest BCUT2D eigenvalue weighted by molar-refractivity contribution is 0.0203. The molecule has 0 aliphatic rings. The van der Waals surface area contributed by atoms with Gasteiger partial charge in [0.25, 0.3) is 0 Å². The molecule has 6 nitrogen and oxygen atoms in total. The van der Waals surface area contributed by atoms with Crippen LogP contribution in [0.3, 0.4) is 0 Å². The molecule has 23 heavy (non-hydrogen) atoms. The third kappa shape index (κ3) is 14.1. The molecule has 0 unspecified atom stereocenters. The standard InChI is InChI=1S/C17H32N2O4/c1-5-6-10-19(16(20)23-17(2,3)4)11-8-13-22-15-14-21-12-7-9-18/h1H,6-15,18H2,2-4H3. The predicted molar refractivity (Wildman–Crippen MR) is 91.2 cm³/mol. The van der Waals surface area contributed by atoms with Crippen LogP contribution < -0.4 is 5.73 Å². The number of hydrogen-bond donors (Lipinski definition) is 1. The van der Waals surface area contributed by atoms with Crippen molar-refractivity contribution in [2.24, 2.45) is 5.73 Å². The van der Waals surface area contributed by atoms with Crippen molar-refractivity contribution in [3.8, 4) is 12.3 Å². The average Bonchev–Trinajstić information content (AvgIpc) is 2.46. The molecule has 0 heterocycles. The molecule has 0 aromatic heterocycles. The Morgan fingerprint density at radius 3 is 2.22 bits per heavy atom. The summed E-state index contributed by atoms with van der Waals surface area (Å²) in [5, 5.41) is 0. The molecule has 0 aromatic carbocycles.